The lowest BCUT2D eigenvalue weighted by Gasteiger charge is -2.04. The van der Waals surface area contributed by atoms with Crippen LogP contribution in [0.1, 0.15) is 39.2 Å². The summed E-state index contributed by atoms with van der Waals surface area (Å²) in [6.45, 7) is 4.63. The molecule has 0 bridgehead atoms. The summed E-state index contributed by atoms with van der Waals surface area (Å²) in [7, 11) is 0. The van der Waals surface area contributed by atoms with Gasteiger partial charge in [0.15, 0.2) is 5.75 Å². The van der Waals surface area contributed by atoms with E-state index in [0.717, 1.165) is 12.2 Å². The number of ether oxygens (including phenoxy) is 1. The van der Waals surface area contributed by atoms with Crippen molar-refractivity contribution < 1.29 is 14.6 Å². The van der Waals surface area contributed by atoms with Gasteiger partial charge in [0.1, 0.15) is 0 Å². The third-order valence-corrected chi connectivity index (χ3v) is 2.16. The summed E-state index contributed by atoms with van der Waals surface area (Å²) in [4.78, 5) is 10.3. The van der Waals surface area contributed by atoms with Crippen LogP contribution in [0.25, 0.3) is 0 Å². The number of carbonyl (C=O) groups is 1. The number of nitrogens with zero attached hydrogens (tertiary/aromatic N) is 2. The smallest absolute Gasteiger partial charge is 0.303 e. The SMILES string of the molecule is CC(C)n1cc(OCCCCC(=O)O)cn1. The molecule has 5 nitrogen and oxygen atoms in total. The first-order valence-electron chi connectivity index (χ1n) is 5.48. The molecule has 0 aliphatic carbocycles. The van der Waals surface area contributed by atoms with E-state index >= 15 is 0 Å². The highest BCUT2D eigenvalue weighted by molar-refractivity contribution is 5.66. The van der Waals surface area contributed by atoms with E-state index < -0.39 is 5.97 Å². The van der Waals surface area contributed by atoms with Gasteiger partial charge in [0.05, 0.1) is 19.0 Å². The Balaban J connectivity index is 2.19. The second-order valence-corrected chi connectivity index (χ2v) is 3.95. The minimum atomic E-state index is -0.757. The highest BCUT2D eigenvalue weighted by atomic mass is 16.5. The zero-order valence-corrected chi connectivity index (χ0v) is 9.72. The van der Waals surface area contributed by atoms with Crippen molar-refractivity contribution in [3.63, 3.8) is 0 Å². The highest BCUT2D eigenvalue weighted by Crippen LogP contribution is 2.12. The van der Waals surface area contributed by atoms with Crippen LogP contribution < -0.4 is 4.74 Å². The van der Waals surface area contributed by atoms with E-state index in [2.05, 4.69) is 5.10 Å². The van der Waals surface area contributed by atoms with E-state index in [1.807, 2.05) is 24.7 Å². The minimum Gasteiger partial charge on any atom is -0.490 e. The Labute approximate surface area is 95.0 Å². The number of hydrogen-bond acceptors (Lipinski definition) is 3. The number of hydrogen-bond donors (Lipinski definition) is 1. The van der Waals surface area contributed by atoms with Crippen molar-refractivity contribution in [1.29, 1.82) is 0 Å². The molecule has 0 unspecified atom stereocenters. The predicted molar refractivity (Wildman–Crippen MR) is 59.6 cm³/mol. The molecule has 1 aromatic rings. The Kier molecular flexibility index (Phi) is 4.82. The standard InChI is InChI=1S/C11H18N2O3/c1-9(2)13-8-10(7-12-13)16-6-4-3-5-11(14)15/h7-9H,3-6H2,1-2H3,(H,14,15). The van der Waals surface area contributed by atoms with Crippen molar-refractivity contribution >= 4 is 5.97 Å². The quantitative estimate of drug-likeness (QED) is 0.723. The van der Waals surface area contributed by atoms with Crippen molar-refractivity contribution in [2.24, 2.45) is 0 Å². The first kappa shape index (κ1) is 12.5. The van der Waals surface area contributed by atoms with Crippen LogP contribution in [-0.4, -0.2) is 27.5 Å². The van der Waals surface area contributed by atoms with Crippen LogP contribution in [0.15, 0.2) is 12.4 Å². The van der Waals surface area contributed by atoms with Gasteiger partial charge in [-0.2, -0.15) is 5.10 Å². The van der Waals surface area contributed by atoms with Crippen molar-refractivity contribution in [2.45, 2.75) is 39.2 Å². The maximum absolute atomic E-state index is 10.3. The lowest BCUT2D eigenvalue weighted by molar-refractivity contribution is -0.137. The molecule has 0 amide bonds. The number of aromatic nitrogens is 2. The molecule has 0 saturated heterocycles. The molecule has 1 heterocycles. The number of aliphatic carboxylic acids is 1. The molecule has 1 rings (SSSR count). The van der Waals surface area contributed by atoms with E-state index in [4.69, 9.17) is 9.84 Å². The van der Waals surface area contributed by atoms with Gasteiger partial charge in [-0.05, 0) is 26.7 Å². The summed E-state index contributed by atoms with van der Waals surface area (Å²) in [6.07, 6.45) is 5.13. The average molecular weight is 226 g/mol. The monoisotopic (exact) mass is 226 g/mol. The van der Waals surface area contributed by atoms with Crippen molar-refractivity contribution in [2.75, 3.05) is 6.61 Å². The van der Waals surface area contributed by atoms with E-state index in [1.54, 1.807) is 6.20 Å². The Morgan fingerprint density at radius 1 is 1.56 bits per heavy atom. The third-order valence-electron chi connectivity index (χ3n) is 2.16. The largest absolute Gasteiger partial charge is 0.490 e. The van der Waals surface area contributed by atoms with Gasteiger partial charge in [0.25, 0.3) is 0 Å². The van der Waals surface area contributed by atoms with Gasteiger partial charge in [-0.3, -0.25) is 9.48 Å². The summed E-state index contributed by atoms with van der Waals surface area (Å²) >= 11 is 0. The Morgan fingerprint density at radius 3 is 2.88 bits per heavy atom. The molecule has 0 atom stereocenters. The molecule has 90 valence electrons. The van der Waals surface area contributed by atoms with Crippen molar-refractivity contribution in [3.8, 4) is 5.75 Å². The summed E-state index contributed by atoms with van der Waals surface area (Å²) < 4.78 is 7.27. The fourth-order valence-corrected chi connectivity index (χ4v) is 1.25. The van der Waals surface area contributed by atoms with Gasteiger partial charge in [-0.15, -0.1) is 0 Å². The second kappa shape index (κ2) is 6.15. The van der Waals surface area contributed by atoms with Crippen molar-refractivity contribution in [3.05, 3.63) is 12.4 Å². The molecule has 0 radical (unpaired) electrons. The molecular formula is C11H18N2O3. The summed E-state index contributed by atoms with van der Waals surface area (Å²) in [6, 6.07) is 0.323. The molecule has 0 aliphatic heterocycles. The Hall–Kier alpha value is -1.52. The lowest BCUT2D eigenvalue weighted by Crippen LogP contribution is -2.01. The second-order valence-electron chi connectivity index (χ2n) is 3.95. The average Bonchev–Trinajstić information content (AvgIpc) is 2.65. The van der Waals surface area contributed by atoms with E-state index in [9.17, 15) is 4.79 Å². The molecule has 0 aromatic carbocycles. The number of rotatable bonds is 7. The normalized spacial score (nSPS) is 10.7. The molecule has 0 spiro atoms. The van der Waals surface area contributed by atoms with Crippen LogP contribution in [0.4, 0.5) is 0 Å². The van der Waals surface area contributed by atoms with Gasteiger partial charge in [-0.25, -0.2) is 0 Å². The minimum absolute atomic E-state index is 0.203. The summed E-state index contributed by atoms with van der Waals surface area (Å²) in [5.74, 6) is -0.0170. The maximum atomic E-state index is 10.3. The molecule has 16 heavy (non-hydrogen) atoms. The molecule has 1 aromatic heterocycles. The third kappa shape index (κ3) is 4.33. The molecule has 1 N–H and O–H groups in total. The van der Waals surface area contributed by atoms with Gasteiger partial charge < -0.3 is 9.84 Å². The van der Waals surface area contributed by atoms with Crippen LogP contribution in [0.5, 0.6) is 5.75 Å². The zero-order valence-electron chi connectivity index (χ0n) is 9.72. The van der Waals surface area contributed by atoms with E-state index in [1.165, 1.54) is 0 Å². The lowest BCUT2D eigenvalue weighted by atomic mass is 10.2. The van der Waals surface area contributed by atoms with Gasteiger partial charge in [-0.1, -0.05) is 0 Å². The molecule has 0 saturated carbocycles. The van der Waals surface area contributed by atoms with Crippen LogP contribution in [0.2, 0.25) is 0 Å². The van der Waals surface area contributed by atoms with Crippen LogP contribution >= 0.6 is 0 Å². The maximum Gasteiger partial charge on any atom is 0.303 e. The number of carboxylic acids is 1. The van der Waals surface area contributed by atoms with Gasteiger partial charge >= 0.3 is 5.97 Å². The molecule has 0 fully saturated rings. The van der Waals surface area contributed by atoms with Gasteiger partial charge in [0.2, 0.25) is 0 Å². The summed E-state index contributed by atoms with van der Waals surface area (Å²) in [5, 5.41) is 12.6. The molecule has 5 heteroatoms. The first-order chi connectivity index (χ1) is 7.59. The Morgan fingerprint density at radius 2 is 2.31 bits per heavy atom. The molecule has 0 aliphatic rings. The fourth-order valence-electron chi connectivity index (χ4n) is 1.25. The van der Waals surface area contributed by atoms with E-state index in [-0.39, 0.29) is 6.42 Å². The zero-order chi connectivity index (χ0) is 12.0. The predicted octanol–water partition coefficient (Wildman–Crippen LogP) is 2.10. The van der Waals surface area contributed by atoms with Gasteiger partial charge in [0, 0.05) is 12.5 Å². The van der Waals surface area contributed by atoms with Crippen LogP contribution in [-0.2, 0) is 4.79 Å². The first-order valence-corrected chi connectivity index (χ1v) is 5.48. The Bertz CT molecular complexity index is 334. The fraction of sp³-hybridized carbons (Fsp3) is 0.636. The highest BCUT2D eigenvalue weighted by Gasteiger charge is 2.02. The van der Waals surface area contributed by atoms with Crippen LogP contribution in [0.3, 0.4) is 0 Å². The van der Waals surface area contributed by atoms with E-state index in [0.29, 0.717) is 19.1 Å². The number of carboxylic acid groups (broad SMARTS) is 1. The summed E-state index contributed by atoms with van der Waals surface area (Å²) in [5.41, 5.74) is 0. The van der Waals surface area contributed by atoms with Crippen molar-refractivity contribution in [1.82, 2.24) is 9.78 Å². The number of unbranched alkanes of at least 4 members (excludes halogenated alkanes) is 1. The van der Waals surface area contributed by atoms with Crippen LogP contribution in [0, 0.1) is 0 Å². The topological polar surface area (TPSA) is 64.3 Å². The molecular weight excluding hydrogens is 208 g/mol.